The van der Waals surface area contributed by atoms with Gasteiger partial charge in [-0.05, 0) is 38.4 Å². The average Bonchev–Trinajstić information content (AvgIpc) is 2.23. The van der Waals surface area contributed by atoms with Crippen LogP contribution in [-0.2, 0) is 0 Å². The molecule has 0 saturated carbocycles. The molecule has 0 N–H and O–H groups in total. The highest BCUT2D eigenvalue weighted by atomic mass is 15.3. The average molecular weight is 226 g/mol. The maximum Gasteiger partial charge on any atom is 0.0350 e. The van der Waals surface area contributed by atoms with Crippen LogP contribution in [0.4, 0.5) is 0 Å². The first kappa shape index (κ1) is 14.0. The van der Waals surface area contributed by atoms with Gasteiger partial charge >= 0.3 is 0 Å². The molecule has 2 heteroatoms. The number of nitrogens with zero attached hydrogens (tertiary/aromatic N) is 2. The van der Waals surface area contributed by atoms with Gasteiger partial charge in [0, 0.05) is 19.1 Å². The van der Waals surface area contributed by atoms with Gasteiger partial charge in [0.2, 0.25) is 0 Å². The standard InChI is InChI=1S/C14H30N2/c1-5-9-16(10-8-13(4)6-2)14-11-15(7-3)12-14/h13-14H,5-12H2,1-4H3. The molecule has 0 aromatic carbocycles. The zero-order valence-corrected chi connectivity index (χ0v) is 11.7. The van der Waals surface area contributed by atoms with Crippen LogP contribution in [0, 0.1) is 5.92 Å². The molecular formula is C14H30N2. The number of hydrogen-bond acceptors (Lipinski definition) is 2. The molecule has 0 aromatic heterocycles. The van der Waals surface area contributed by atoms with Gasteiger partial charge in [0.1, 0.15) is 0 Å². The van der Waals surface area contributed by atoms with Crippen molar-refractivity contribution in [1.29, 1.82) is 0 Å². The molecule has 1 atom stereocenters. The van der Waals surface area contributed by atoms with Gasteiger partial charge in [-0.1, -0.05) is 34.1 Å². The summed E-state index contributed by atoms with van der Waals surface area (Å²) in [5, 5.41) is 0. The Morgan fingerprint density at radius 1 is 1.19 bits per heavy atom. The Kier molecular flexibility index (Phi) is 6.37. The van der Waals surface area contributed by atoms with Crippen LogP contribution in [0.25, 0.3) is 0 Å². The number of hydrogen-bond donors (Lipinski definition) is 0. The van der Waals surface area contributed by atoms with Crippen molar-refractivity contribution in [3.8, 4) is 0 Å². The van der Waals surface area contributed by atoms with E-state index in [-0.39, 0.29) is 0 Å². The molecule has 1 saturated heterocycles. The van der Waals surface area contributed by atoms with Crippen molar-refractivity contribution in [1.82, 2.24) is 9.80 Å². The zero-order valence-electron chi connectivity index (χ0n) is 11.7. The van der Waals surface area contributed by atoms with E-state index in [4.69, 9.17) is 0 Å². The topological polar surface area (TPSA) is 6.48 Å². The lowest BCUT2D eigenvalue weighted by Gasteiger charge is -2.45. The van der Waals surface area contributed by atoms with E-state index in [1.807, 2.05) is 0 Å². The first-order valence-electron chi connectivity index (χ1n) is 7.17. The van der Waals surface area contributed by atoms with Crippen molar-refractivity contribution in [2.45, 2.75) is 53.0 Å². The fourth-order valence-electron chi connectivity index (χ4n) is 2.39. The van der Waals surface area contributed by atoms with E-state index in [0.717, 1.165) is 12.0 Å². The van der Waals surface area contributed by atoms with Gasteiger partial charge in [-0.3, -0.25) is 4.90 Å². The highest BCUT2D eigenvalue weighted by molar-refractivity contribution is 4.87. The normalized spacial score (nSPS) is 20.1. The summed E-state index contributed by atoms with van der Waals surface area (Å²) in [5.41, 5.74) is 0. The van der Waals surface area contributed by atoms with E-state index in [1.165, 1.54) is 52.0 Å². The largest absolute Gasteiger partial charge is 0.300 e. The van der Waals surface area contributed by atoms with Crippen molar-refractivity contribution >= 4 is 0 Å². The second-order valence-electron chi connectivity index (χ2n) is 5.34. The number of likely N-dealkylation sites (tertiary alicyclic amines) is 1. The zero-order chi connectivity index (χ0) is 12.0. The lowest BCUT2D eigenvalue weighted by molar-refractivity contribution is 0.0346. The molecule has 1 aliphatic rings. The van der Waals surface area contributed by atoms with Crippen LogP contribution >= 0.6 is 0 Å². The van der Waals surface area contributed by atoms with E-state index in [9.17, 15) is 0 Å². The minimum atomic E-state index is 0.851. The molecule has 1 fully saturated rings. The van der Waals surface area contributed by atoms with Gasteiger partial charge in [-0.25, -0.2) is 0 Å². The second kappa shape index (κ2) is 7.29. The fourth-order valence-corrected chi connectivity index (χ4v) is 2.39. The molecule has 0 spiro atoms. The molecule has 0 aliphatic carbocycles. The minimum absolute atomic E-state index is 0.851. The molecule has 16 heavy (non-hydrogen) atoms. The lowest BCUT2D eigenvalue weighted by atomic mass is 10.0. The Hall–Kier alpha value is -0.0800. The number of likely N-dealkylation sites (N-methyl/N-ethyl adjacent to an activating group) is 1. The molecule has 1 aliphatic heterocycles. The maximum absolute atomic E-state index is 2.72. The van der Waals surface area contributed by atoms with Crippen molar-refractivity contribution in [3.63, 3.8) is 0 Å². The summed E-state index contributed by atoms with van der Waals surface area (Å²) in [5.74, 6) is 0.890. The third-order valence-corrected chi connectivity index (χ3v) is 4.02. The van der Waals surface area contributed by atoms with Gasteiger partial charge in [-0.15, -0.1) is 0 Å². The SMILES string of the molecule is CCCN(CCC(C)CC)C1CN(CC)C1. The molecule has 0 radical (unpaired) electrons. The Morgan fingerprint density at radius 2 is 1.88 bits per heavy atom. The van der Waals surface area contributed by atoms with Crippen molar-refractivity contribution in [3.05, 3.63) is 0 Å². The summed E-state index contributed by atoms with van der Waals surface area (Å²) in [4.78, 5) is 5.26. The van der Waals surface area contributed by atoms with Crippen LogP contribution in [0.3, 0.4) is 0 Å². The van der Waals surface area contributed by atoms with E-state index >= 15 is 0 Å². The third-order valence-electron chi connectivity index (χ3n) is 4.02. The summed E-state index contributed by atoms with van der Waals surface area (Å²) in [6.45, 7) is 15.7. The quantitative estimate of drug-likeness (QED) is 0.628. The smallest absolute Gasteiger partial charge is 0.0350 e. The molecule has 1 heterocycles. The molecule has 1 rings (SSSR count). The monoisotopic (exact) mass is 226 g/mol. The lowest BCUT2D eigenvalue weighted by Crippen LogP contribution is -2.59. The molecule has 2 nitrogen and oxygen atoms in total. The van der Waals surface area contributed by atoms with E-state index in [0.29, 0.717) is 0 Å². The predicted molar refractivity (Wildman–Crippen MR) is 71.8 cm³/mol. The van der Waals surface area contributed by atoms with Crippen molar-refractivity contribution in [2.24, 2.45) is 5.92 Å². The number of rotatable bonds is 8. The molecule has 1 unspecified atom stereocenters. The van der Waals surface area contributed by atoms with Gasteiger partial charge in [0.15, 0.2) is 0 Å². The van der Waals surface area contributed by atoms with Crippen LogP contribution in [0.15, 0.2) is 0 Å². The first-order valence-corrected chi connectivity index (χ1v) is 7.17. The van der Waals surface area contributed by atoms with E-state index in [2.05, 4.69) is 37.5 Å². The Labute approximate surface area is 102 Å². The Morgan fingerprint density at radius 3 is 2.38 bits per heavy atom. The maximum atomic E-state index is 2.72. The summed E-state index contributed by atoms with van der Waals surface area (Å²) in [7, 11) is 0. The van der Waals surface area contributed by atoms with Gasteiger partial charge < -0.3 is 4.90 Å². The second-order valence-corrected chi connectivity index (χ2v) is 5.34. The van der Waals surface area contributed by atoms with E-state index in [1.54, 1.807) is 0 Å². The fraction of sp³-hybridized carbons (Fsp3) is 1.00. The molecule has 0 aromatic rings. The van der Waals surface area contributed by atoms with Gasteiger partial charge in [0.05, 0.1) is 0 Å². The molecule has 96 valence electrons. The van der Waals surface area contributed by atoms with Crippen molar-refractivity contribution < 1.29 is 0 Å². The Bertz CT molecular complexity index is 176. The van der Waals surface area contributed by atoms with Gasteiger partial charge in [-0.2, -0.15) is 0 Å². The van der Waals surface area contributed by atoms with Gasteiger partial charge in [0.25, 0.3) is 0 Å². The molecule has 0 bridgehead atoms. The van der Waals surface area contributed by atoms with Crippen LogP contribution in [0.2, 0.25) is 0 Å². The van der Waals surface area contributed by atoms with Crippen molar-refractivity contribution in [2.75, 3.05) is 32.7 Å². The first-order chi connectivity index (χ1) is 7.71. The highest BCUT2D eigenvalue weighted by Gasteiger charge is 2.29. The summed E-state index contributed by atoms with van der Waals surface area (Å²) < 4.78 is 0. The van der Waals surface area contributed by atoms with Crippen LogP contribution in [0.1, 0.15) is 47.0 Å². The molecular weight excluding hydrogens is 196 g/mol. The predicted octanol–water partition coefficient (Wildman–Crippen LogP) is 2.84. The van der Waals surface area contributed by atoms with Crippen LogP contribution in [-0.4, -0.2) is 48.6 Å². The third kappa shape index (κ3) is 4.06. The molecule has 0 amide bonds. The highest BCUT2D eigenvalue weighted by Crippen LogP contribution is 2.17. The van der Waals surface area contributed by atoms with Crippen LogP contribution < -0.4 is 0 Å². The van der Waals surface area contributed by atoms with Crippen LogP contribution in [0.5, 0.6) is 0 Å². The summed E-state index contributed by atoms with van der Waals surface area (Å²) in [6, 6.07) is 0.851. The Balaban J connectivity index is 2.25. The summed E-state index contributed by atoms with van der Waals surface area (Å²) >= 11 is 0. The summed E-state index contributed by atoms with van der Waals surface area (Å²) in [6.07, 6.45) is 3.99. The minimum Gasteiger partial charge on any atom is -0.300 e. The van der Waals surface area contributed by atoms with E-state index < -0.39 is 0 Å².